The SMILES string of the molecule is CCCCC(=O)O.CCCCC(=O)OCC(CCn1ccc(NOI)nc1=O)OC.CCl.SS. The molecule has 0 saturated carbocycles. The van der Waals surface area contributed by atoms with Gasteiger partial charge in [0.05, 0.1) is 6.10 Å². The zero-order chi connectivity index (χ0) is 26.8. The number of carboxylic acids is 1. The number of hydrogen-bond acceptors (Lipinski definition) is 10. The van der Waals surface area contributed by atoms with Crippen LogP contribution in [0.25, 0.3) is 0 Å². The number of carbonyl (C=O) groups is 2. The normalized spacial score (nSPS) is 10.2. The predicted molar refractivity (Wildman–Crippen MR) is 150 cm³/mol. The van der Waals surface area contributed by atoms with Crippen molar-refractivity contribution in [2.45, 2.75) is 71.4 Å². The van der Waals surface area contributed by atoms with Crippen LogP contribution in [0, 0.1) is 0 Å². The molecule has 14 heteroatoms. The first-order valence-electron chi connectivity index (χ1n) is 10.5. The molecule has 10 nitrogen and oxygen atoms in total. The zero-order valence-corrected chi connectivity index (χ0v) is 24.7. The van der Waals surface area contributed by atoms with Crippen LogP contribution in [0.4, 0.5) is 5.82 Å². The minimum Gasteiger partial charge on any atom is -0.481 e. The first-order chi connectivity index (χ1) is 16.4. The van der Waals surface area contributed by atoms with Crippen LogP contribution in [0.2, 0.25) is 0 Å². The van der Waals surface area contributed by atoms with Gasteiger partial charge < -0.3 is 14.6 Å². The summed E-state index contributed by atoms with van der Waals surface area (Å²) < 4.78 is 16.6. The fourth-order valence-corrected chi connectivity index (χ4v) is 2.38. The molecule has 0 saturated heterocycles. The van der Waals surface area contributed by atoms with Crippen LogP contribution in [0.1, 0.15) is 58.8 Å². The number of halogens is 2. The Labute approximate surface area is 231 Å². The van der Waals surface area contributed by atoms with Crippen LogP contribution in [0.3, 0.4) is 0 Å². The van der Waals surface area contributed by atoms with Gasteiger partial charge in [0, 0.05) is 39.1 Å². The number of methoxy groups -OCH3 is 1. The second-order valence-corrected chi connectivity index (χ2v) is 6.84. The molecular weight excluding hydrogens is 621 g/mol. The highest BCUT2D eigenvalue weighted by atomic mass is 127. The molecule has 2 N–H and O–H groups in total. The third-order valence-electron chi connectivity index (χ3n) is 3.95. The molecular formula is C20H37ClIN3O7S2. The maximum atomic E-state index is 11.8. The number of aromatic nitrogens is 2. The standard InChI is InChI=1S/C14H22IN3O5.C5H10O2.CH3Cl.H2S2/c1-3-4-5-13(19)22-10-11(21-2)6-8-18-9-7-12(17-23-15)16-14(18)20;1-2-3-4-5(6)7;2*1-2/h7,9,11H,3-6,8,10H2,1-2H3,(H,16,17,20);2-4H2,1H3,(H,6,7);1H3;1-2H. The minimum absolute atomic E-state index is 0.184. The molecule has 0 radical (unpaired) electrons. The van der Waals surface area contributed by atoms with Gasteiger partial charge >= 0.3 is 17.6 Å². The molecule has 34 heavy (non-hydrogen) atoms. The summed E-state index contributed by atoms with van der Waals surface area (Å²) >= 11 is 12.7. The number of esters is 1. The Morgan fingerprint density at radius 3 is 2.26 bits per heavy atom. The van der Waals surface area contributed by atoms with Crippen LogP contribution >= 0.6 is 57.9 Å². The van der Waals surface area contributed by atoms with Crippen molar-refractivity contribution in [1.82, 2.24) is 9.55 Å². The van der Waals surface area contributed by atoms with Crippen molar-refractivity contribution >= 4 is 75.7 Å². The number of aliphatic carboxylic acids is 1. The number of alkyl halides is 1. The summed E-state index contributed by atoms with van der Waals surface area (Å²) in [4.78, 5) is 36.9. The van der Waals surface area contributed by atoms with Crippen molar-refractivity contribution in [3.63, 3.8) is 0 Å². The Balaban J connectivity index is -0.000000736. The van der Waals surface area contributed by atoms with Crippen LogP contribution in [-0.2, 0) is 28.8 Å². The summed E-state index contributed by atoms with van der Waals surface area (Å²) in [5.41, 5.74) is 2.09. The summed E-state index contributed by atoms with van der Waals surface area (Å²) in [6.07, 6.45) is 7.64. The van der Waals surface area contributed by atoms with Crippen molar-refractivity contribution in [3.8, 4) is 0 Å². The smallest absolute Gasteiger partial charge is 0.349 e. The van der Waals surface area contributed by atoms with Gasteiger partial charge in [0.1, 0.15) is 29.6 Å². The first kappa shape index (κ1) is 37.8. The van der Waals surface area contributed by atoms with E-state index in [1.807, 2.05) is 13.8 Å². The topological polar surface area (TPSA) is 129 Å². The molecule has 1 aromatic heterocycles. The lowest BCUT2D eigenvalue weighted by Crippen LogP contribution is -2.27. The van der Waals surface area contributed by atoms with E-state index in [4.69, 9.17) is 14.6 Å². The van der Waals surface area contributed by atoms with Gasteiger partial charge in [0.25, 0.3) is 0 Å². The molecule has 1 heterocycles. The molecule has 0 aliphatic carbocycles. The summed E-state index contributed by atoms with van der Waals surface area (Å²) in [6, 6.07) is 1.63. The second kappa shape index (κ2) is 28.5. The lowest BCUT2D eigenvalue weighted by Gasteiger charge is -2.16. The summed E-state index contributed by atoms with van der Waals surface area (Å²) in [7, 11) is 1.55. The fourth-order valence-electron chi connectivity index (χ4n) is 2.15. The third kappa shape index (κ3) is 23.0. The first-order valence-corrected chi connectivity index (χ1v) is 13.7. The van der Waals surface area contributed by atoms with Gasteiger partial charge in [-0.2, -0.15) is 4.98 Å². The number of hydrogen-bond donors (Lipinski definition) is 4. The van der Waals surface area contributed by atoms with Crippen LogP contribution in [-0.4, -0.2) is 52.8 Å². The number of ether oxygens (including phenoxy) is 2. The molecule has 1 rings (SSSR count). The number of nitrogens with one attached hydrogen (secondary N) is 1. The number of thiol groups is 2. The quantitative estimate of drug-likeness (QED) is 0.0549. The molecule has 1 aromatic rings. The van der Waals surface area contributed by atoms with Gasteiger partial charge in [-0.15, -0.1) is 34.9 Å². The summed E-state index contributed by atoms with van der Waals surface area (Å²) in [5, 5.41) is 8.04. The maximum absolute atomic E-state index is 11.8. The van der Waals surface area contributed by atoms with E-state index >= 15 is 0 Å². The van der Waals surface area contributed by atoms with E-state index < -0.39 is 11.7 Å². The van der Waals surface area contributed by atoms with E-state index in [1.54, 1.807) is 42.4 Å². The van der Waals surface area contributed by atoms with Gasteiger partial charge in [-0.1, -0.05) is 26.7 Å². The highest BCUT2D eigenvalue weighted by Crippen LogP contribution is 2.05. The average molecular weight is 658 g/mol. The largest absolute Gasteiger partial charge is 0.481 e. The lowest BCUT2D eigenvalue weighted by atomic mass is 10.2. The fraction of sp³-hybridized carbons (Fsp3) is 0.700. The van der Waals surface area contributed by atoms with E-state index in [1.165, 1.54) is 11.0 Å². The lowest BCUT2D eigenvalue weighted by molar-refractivity contribution is -0.147. The number of carboxylic acid groups (broad SMARTS) is 1. The number of unbranched alkanes of at least 4 members (excludes halogenated alkanes) is 2. The Kier molecular flexibility index (Phi) is 31.7. The van der Waals surface area contributed by atoms with Gasteiger partial charge in [0.15, 0.2) is 5.82 Å². The van der Waals surface area contributed by atoms with E-state index in [0.717, 1.165) is 25.7 Å². The van der Waals surface area contributed by atoms with E-state index in [0.29, 0.717) is 31.6 Å². The molecule has 0 bridgehead atoms. The Bertz CT molecular complexity index is 688. The molecule has 1 atom stereocenters. The van der Waals surface area contributed by atoms with Gasteiger partial charge in [-0.3, -0.25) is 14.2 Å². The van der Waals surface area contributed by atoms with Crippen molar-refractivity contribution in [1.29, 1.82) is 0 Å². The van der Waals surface area contributed by atoms with E-state index in [9.17, 15) is 14.4 Å². The molecule has 0 aromatic carbocycles. The highest BCUT2D eigenvalue weighted by Gasteiger charge is 2.12. The Morgan fingerprint density at radius 1 is 1.24 bits per heavy atom. The monoisotopic (exact) mass is 657 g/mol. The van der Waals surface area contributed by atoms with E-state index in [2.05, 4.69) is 48.6 Å². The Morgan fingerprint density at radius 2 is 1.82 bits per heavy atom. The minimum atomic E-state index is -0.693. The summed E-state index contributed by atoms with van der Waals surface area (Å²) in [6.45, 7) is 4.60. The Hall–Kier alpha value is -0.740. The third-order valence-corrected chi connectivity index (χ3v) is 4.17. The van der Waals surface area contributed by atoms with Crippen molar-refractivity contribution < 1.29 is 27.3 Å². The van der Waals surface area contributed by atoms with Crippen molar-refractivity contribution in [3.05, 3.63) is 22.7 Å². The molecule has 0 spiro atoms. The second-order valence-electron chi connectivity index (χ2n) is 6.40. The molecule has 1 unspecified atom stereocenters. The van der Waals surface area contributed by atoms with Crippen LogP contribution in [0.15, 0.2) is 17.1 Å². The summed E-state index contributed by atoms with van der Waals surface area (Å²) in [5.74, 6) is -0.572. The highest BCUT2D eigenvalue weighted by molar-refractivity contribution is 14.1. The molecule has 0 aliphatic heterocycles. The number of aryl methyl sites for hydroxylation is 1. The molecule has 0 aliphatic rings. The number of rotatable bonds is 14. The van der Waals surface area contributed by atoms with E-state index in [-0.39, 0.29) is 18.7 Å². The van der Waals surface area contributed by atoms with Gasteiger partial charge in [-0.25, -0.2) is 13.4 Å². The number of carbonyl (C=O) groups excluding carboxylic acids is 1. The van der Waals surface area contributed by atoms with Crippen molar-refractivity contribution in [2.24, 2.45) is 0 Å². The average Bonchev–Trinajstić information content (AvgIpc) is 2.85. The van der Waals surface area contributed by atoms with Crippen LogP contribution in [0.5, 0.6) is 0 Å². The molecule has 0 amide bonds. The van der Waals surface area contributed by atoms with Gasteiger partial charge in [-0.05, 0) is 25.3 Å². The zero-order valence-electron chi connectivity index (χ0n) is 20.0. The number of anilines is 1. The molecule has 200 valence electrons. The van der Waals surface area contributed by atoms with Crippen molar-refractivity contribution in [2.75, 3.05) is 25.6 Å². The van der Waals surface area contributed by atoms with Gasteiger partial charge in [0.2, 0.25) is 0 Å². The maximum Gasteiger partial charge on any atom is 0.349 e. The number of nitrogens with zero attached hydrogens (tertiary/aromatic N) is 2. The predicted octanol–water partition coefficient (Wildman–Crippen LogP) is 4.95. The molecule has 0 fully saturated rings. The van der Waals surface area contributed by atoms with Crippen LogP contribution < -0.4 is 11.2 Å².